The van der Waals surface area contributed by atoms with Crippen LogP contribution in [-0.2, 0) is 9.53 Å². The van der Waals surface area contributed by atoms with Gasteiger partial charge in [0, 0.05) is 5.02 Å². The second-order valence-electron chi connectivity index (χ2n) is 5.74. The van der Waals surface area contributed by atoms with Crippen LogP contribution < -0.4 is 19.5 Å². The molecular formula is C19H18ClNO6. The highest BCUT2D eigenvalue weighted by Crippen LogP contribution is 2.31. The number of halogens is 1. The van der Waals surface area contributed by atoms with E-state index in [0.717, 1.165) is 0 Å². The Kier molecular flexibility index (Phi) is 5.71. The van der Waals surface area contributed by atoms with Gasteiger partial charge < -0.3 is 24.3 Å². The van der Waals surface area contributed by atoms with Crippen molar-refractivity contribution in [2.75, 3.05) is 25.6 Å². The van der Waals surface area contributed by atoms with Crippen LogP contribution in [0.25, 0.3) is 0 Å². The van der Waals surface area contributed by atoms with Crippen molar-refractivity contribution < 1.29 is 28.5 Å². The summed E-state index contributed by atoms with van der Waals surface area (Å²) in [5.41, 5.74) is 0.650. The molecule has 0 fully saturated rings. The summed E-state index contributed by atoms with van der Waals surface area (Å²) in [4.78, 5) is 24.7. The second-order valence-corrected chi connectivity index (χ2v) is 6.18. The molecule has 7 nitrogen and oxygen atoms in total. The molecule has 0 spiro atoms. The number of esters is 1. The number of methoxy groups -OCH3 is 1. The van der Waals surface area contributed by atoms with Crippen LogP contribution in [0, 0.1) is 0 Å². The van der Waals surface area contributed by atoms with E-state index in [9.17, 15) is 9.59 Å². The molecule has 8 heteroatoms. The first-order chi connectivity index (χ1) is 13.0. The lowest BCUT2D eigenvalue weighted by Crippen LogP contribution is -2.30. The van der Waals surface area contributed by atoms with Crippen LogP contribution in [0.1, 0.15) is 17.3 Å². The van der Waals surface area contributed by atoms with Gasteiger partial charge in [0.25, 0.3) is 5.91 Å². The van der Waals surface area contributed by atoms with Crippen molar-refractivity contribution in [3.8, 4) is 17.2 Å². The number of carbonyl (C=O) groups excluding carboxylic acids is 2. The van der Waals surface area contributed by atoms with Crippen molar-refractivity contribution in [3.05, 3.63) is 47.0 Å². The van der Waals surface area contributed by atoms with Gasteiger partial charge in [0.1, 0.15) is 19.0 Å². The Bertz CT molecular complexity index is 869. The Labute approximate surface area is 161 Å². The van der Waals surface area contributed by atoms with Crippen molar-refractivity contribution in [2.45, 2.75) is 13.0 Å². The molecule has 1 amide bonds. The standard InChI is InChI=1S/C19H18ClNO6/c1-11(18(22)21-14-10-13(20)4-6-15(14)24-2)27-19(23)12-3-5-16-17(9-12)26-8-7-25-16/h3-6,9-11H,7-8H2,1-2H3,(H,21,22). The third-order valence-electron chi connectivity index (χ3n) is 3.85. The predicted octanol–water partition coefficient (Wildman–Crippen LogP) is 3.30. The van der Waals surface area contributed by atoms with E-state index in [-0.39, 0.29) is 5.56 Å². The van der Waals surface area contributed by atoms with E-state index in [4.69, 9.17) is 30.5 Å². The summed E-state index contributed by atoms with van der Waals surface area (Å²) >= 11 is 5.94. The van der Waals surface area contributed by atoms with Crippen molar-refractivity contribution in [1.29, 1.82) is 0 Å². The molecule has 0 aromatic heterocycles. The van der Waals surface area contributed by atoms with Gasteiger partial charge in [-0.1, -0.05) is 11.6 Å². The summed E-state index contributed by atoms with van der Waals surface area (Å²) in [5, 5.41) is 3.08. The fourth-order valence-electron chi connectivity index (χ4n) is 2.46. The van der Waals surface area contributed by atoms with E-state index in [2.05, 4.69) is 5.32 Å². The number of hydrogen-bond acceptors (Lipinski definition) is 6. The first-order valence-corrected chi connectivity index (χ1v) is 8.61. The fourth-order valence-corrected chi connectivity index (χ4v) is 2.64. The van der Waals surface area contributed by atoms with Gasteiger partial charge in [-0.2, -0.15) is 0 Å². The highest BCUT2D eigenvalue weighted by atomic mass is 35.5. The lowest BCUT2D eigenvalue weighted by molar-refractivity contribution is -0.123. The van der Waals surface area contributed by atoms with Gasteiger partial charge >= 0.3 is 5.97 Å². The van der Waals surface area contributed by atoms with Crippen LogP contribution in [-0.4, -0.2) is 38.3 Å². The quantitative estimate of drug-likeness (QED) is 0.787. The molecule has 1 aliphatic rings. The van der Waals surface area contributed by atoms with Gasteiger partial charge in [-0.3, -0.25) is 4.79 Å². The minimum Gasteiger partial charge on any atom is -0.495 e. The number of ether oxygens (including phenoxy) is 4. The first-order valence-electron chi connectivity index (χ1n) is 8.23. The Hall–Kier alpha value is -2.93. The summed E-state index contributed by atoms with van der Waals surface area (Å²) in [7, 11) is 1.48. The van der Waals surface area contributed by atoms with Crippen LogP contribution in [0.2, 0.25) is 5.02 Å². The number of fused-ring (bicyclic) bond motifs is 1. The number of amides is 1. The monoisotopic (exact) mass is 391 g/mol. The maximum Gasteiger partial charge on any atom is 0.339 e. The molecule has 0 bridgehead atoms. The van der Waals surface area contributed by atoms with E-state index in [1.54, 1.807) is 30.3 Å². The van der Waals surface area contributed by atoms with E-state index in [1.165, 1.54) is 20.1 Å². The predicted molar refractivity (Wildman–Crippen MR) is 98.9 cm³/mol. The number of nitrogens with one attached hydrogen (secondary N) is 1. The third-order valence-corrected chi connectivity index (χ3v) is 4.09. The largest absolute Gasteiger partial charge is 0.495 e. The molecule has 3 rings (SSSR count). The zero-order chi connectivity index (χ0) is 19.4. The van der Waals surface area contributed by atoms with Crippen LogP contribution >= 0.6 is 11.6 Å². The lowest BCUT2D eigenvalue weighted by atomic mass is 10.2. The fraction of sp³-hybridized carbons (Fsp3) is 0.263. The van der Waals surface area contributed by atoms with Crippen LogP contribution in [0.5, 0.6) is 17.2 Å². The summed E-state index contributed by atoms with van der Waals surface area (Å²) in [5.74, 6) is 0.320. The van der Waals surface area contributed by atoms with E-state index in [0.29, 0.717) is 41.2 Å². The van der Waals surface area contributed by atoms with Crippen molar-refractivity contribution in [3.63, 3.8) is 0 Å². The molecule has 2 aromatic carbocycles. The average Bonchev–Trinajstić information content (AvgIpc) is 2.67. The molecule has 2 aromatic rings. The Morgan fingerprint density at radius 1 is 1.11 bits per heavy atom. The topological polar surface area (TPSA) is 83.1 Å². The Morgan fingerprint density at radius 2 is 1.85 bits per heavy atom. The molecular weight excluding hydrogens is 374 g/mol. The summed E-state index contributed by atoms with van der Waals surface area (Å²) in [6, 6.07) is 9.54. The molecule has 1 N–H and O–H groups in total. The van der Waals surface area contributed by atoms with Gasteiger partial charge in [-0.15, -0.1) is 0 Å². The van der Waals surface area contributed by atoms with E-state index in [1.807, 2.05) is 0 Å². The van der Waals surface area contributed by atoms with Crippen molar-refractivity contribution in [2.24, 2.45) is 0 Å². The molecule has 0 radical (unpaired) electrons. The molecule has 1 heterocycles. The number of anilines is 1. The average molecular weight is 392 g/mol. The second kappa shape index (κ2) is 8.18. The molecule has 1 unspecified atom stereocenters. The molecule has 1 aliphatic heterocycles. The molecule has 0 saturated carbocycles. The van der Waals surface area contributed by atoms with Crippen LogP contribution in [0.3, 0.4) is 0 Å². The van der Waals surface area contributed by atoms with Crippen LogP contribution in [0.4, 0.5) is 5.69 Å². The first kappa shape index (κ1) is 18.8. The van der Waals surface area contributed by atoms with Crippen molar-refractivity contribution in [1.82, 2.24) is 0 Å². The number of hydrogen-bond donors (Lipinski definition) is 1. The highest BCUT2D eigenvalue weighted by Gasteiger charge is 2.22. The number of carbonyl (C=O) groups is 2. The normalized spacial score (nSPS) is 13.4. The minimum absolute atomic E-state index is 0.263. The number of benzene rings is 2. The summed E-state index contributed by atoms with van der Waals surface area (Å²) in [6.07, 6.45) is -1.03. The molecule has 0 saturated heterocycles. The van der Waals surface area contributed by atoms with Gasteiger partial charge in [-0.05, 0) is 43.3 Å². The summed E-state index contributed by atoms with van der Waals surface area (Å²) in [6.45, 7) is 2.34. The molecule has 142 valence electrons. The van der Waals surface area contributed by atoms with E-state index < -0.39 is 18.0 Å². The maximum absolute atomic E-state index is 12.4. The minimum atomic E-state index is -1.03. The zero-order valence-electron chi connectivity index (χ0n) is 14.8. The molecule has 1 atom stereocenters. The highest BCUT2D eigenvalue weighted by molar-refractivity contribution is 6.31. The van der Waals surface area contributed by atoms with Gasteiger partial charge in [0.2, 0.25) is 0 Å². The molecule has 0 aliphatic carbocycles. The van der Waals surface area contributed by atoms with E-state index >= 15 is 0 Å². The molecule has 27 heavy (non-hydrogen) atoms. The lowest BCUT2D eigenvalue weighted by Gasteiger charge is -2.19. The smallest absolute Gasteiger partial charge is 0.339 e. The van der Waals surface area contributed by atoms with Gasteiger partial charge in [0.05, 0.1) is 18.4 Å². The van der Waals surface area contributed by atoms with Crippen LogP contribution in [0.15, 0.2) is 36.4 Å². The Morgan fingerprint density at radius 3 is 2.59 bits per heavy atom. The van der Waals surface area contributed by atoms with Crippen molar-refractivity contribution >= 4 is 29.2 Å². The van der Waals surface area contributed by atoms with Gasteiger partial charge in [0.15, 0.2) is 17.6 Å². The third kappa shape index (κ3) is 4.43. The van der Waals surface area contributed by atoms with Gasteiger partial charge in [-0.25, -0.2) is 4.79 Å². The number of rotatable bonds is 5. The summed E-state index contributed by atoms with van der Waals surface area (Å²) < 4.78 is 21.3. The zero-order valence-corrected chi connectivity index (χ0v) is 15.5. The maximum atomic E-state index is 12.4. The SMILES string of the molecule is COc1ccc(Cl)cc1NC(=O)C(C)OC(=O)c1ccc2c(c1)OCCO2. The Balaban J connectivity index is 1.66.